The molecule has 26 heavy (non-hydrogen) atoms. The van der Waals surface area contributed by atoms with E-state index in [4.69, 9.17) is 16.3 Å². The lowest BCUT2D eigenvalue weighted by molar-refractivity contribution is -0.107. The van der Waals surface area contributed by atoms with Crippen LogP contribution in [0.5, 0.6) is 5.75 Å². The van der Waals surface area contributed by atoms with Crippen LogP contribution in [-0.4, -0.2) is 38.7 Å². The molecule has 0 aliphatic rings. The van der Waals surface area contributed by atoms with Gasteiger partial charge in [-0.05, 0) is 31.2 Å². The zero-order valence-electron chi connectivity index (χ0n) is 13.8. The number of benzene rings is 1. The molecule has 0 aliphatic carbocycles. The number of carboxylic acid groups (broad SMARTS) is 1. The van der Waals surface area contributed by atoms with Crippen molar-refractivity contribution in [3.63, 3.8) is 0 Å². The Balaban J connectivity index is 2.22. The maximum atomic E-state index is 12.0. The Morgan fingerprint density at radius 2 is 2.08 bits per heavy atom. The van der Waals surface area contributed by atoms with Gasteiger partial charge in [0.05, 0.1) is 18.5 Å². The molecule has 9 heteroatoms. The lowest BCUT2D eigenvalue weighted by Gasteiger charge is -2.23. The number of carbonyl (C=O) groups excluding carboxylic acids is 1. The van der Waals surface area contributed by atoms with Gasteiger partial charge in [0, 0.05) is 18.1 Å². The zero-order valence-corrected chi connectivity index (χ0v) is 14.6. The van der Waals surface area contributed by atoms with Crippen molar-refractivity contribution in [3.8, 4) is 5.75 Å². The second kappa shape index (κ2) is 7.40. The van der Waals surface area contributed by atoms with Crippen LogP contribution in [0.25, 0.3) is 5.65 Å². The minimum atomic E-state index is -1.25. The van der Waals surface area contributed by atoms with Gasteiger partial charge >= 0.3 is 6.09 Å². The van der Waals surface area contributed by atoms with Crippen LogP contribution in [0.15, 0.2) is 36.5 Å². The van der Waals surface area contributed by atoms with Crippen molar-refractivity contribution in [1.29, 1.82) is 0 Å². The Bertz CT molecular complexity index is 955. The van der Waals surface area contributed by atoms with Gasteiger partial charge in [0.1, 0.15) is 17.2 Å². The highest BCUT2D eigenvalue weighted by atomic mass is 35.5. The summed E-state index contributed by atoms with van der Waals surface area (Å²) in [5, 5.41) is 14.0. The molecular weight excluding hydrogens is 360 g/mol. The Labute approximate surface area is 153 Å². The molecule has 1 amide bonds. The Kier molecular flexibility index (Phi) is 5.04. The first-order valence-corrected chi connectivity index (χ1v) is 8.16. The van der Waals surface area contributed by atoms with Crippen molar-refractivity contribution in [2.24, 2.45) is 0 Å². The third-order valence-corrected chi connectivity index (χ3v) is 3.96. The first-order valence-electron chi connectivity index (χ1n) is 7.78. The number of rotatable bonds is 6. The second-order valence-corrected chi connectivity index (χ2v) is 5.58. The fraction of sp³-hybridized carbons (Fsp3) is 0.176. The van der Waals surface area contributed by atoms with E-state index in [1.165, 1.54) is 10.7 Å². The van der Waals surface area contributed by atoms with E-state index < -0.39 is 6.09 Å². The van der Waals surface area contributed by atoms with E-state index in [1.54, 1.807) is 30.3 Å². The van der Waals surface area contributed by atoms with Crippen molar-refractivity contribution >= 4 is 41.1 Å². The third kappa shape index (κ3) is 3.18. The predicted molar refractivity (Wildman–Crippen MR) is 95.5 cm³/mol. The topological polar surface area (TPSA) is 97.0 Å². The molecule has 134 valence electrons. The number of aldehydes is 1. The van der Waals surface area contributed by atoms with Gasteiger partial charge in [0.2, 0.25) is 0 Å². The van der Waals surface area contributed by atoms with Crippen molar-refractivity contribution in [1.82, 2.24) is 14.6 Å². The number of nitrogens with zero attached hydrogens (tertiary/aromatic N) is 4. The average Bonchev–Trinajstić information content (AvgIpc) is 3.07. The van der Waals surface area contributed by atoms with Crippen LogP contribution < -0.4 is 9.64 Å². The smallest absolute Gasteiger partial charge is 0.417 e. The van der Waals surface area contributed by atoms with E-state index in [-0.39, 0.29) is 23.0 Å². The normalized spacial score (nSPS) is 10.7. The largest absolute Gasteiger partial charge is 0.494 e. The van der Waals surface area contributed by atoms with Crippen LogP contribution in [0, 0.1) is 0 Å². The van der Waals surface area contributed by atoms with Gasteiger partial charge in [-0.1, -0.05) is 11.6 Å². The maximum Gasteiger partial charge on any atom is 0.417 e. The molecule has 2 heterocycles. The van der Waals surface area contributed by atoms with Crippen LogP contribution in [0.4, 0.5) is 16.3 Å². The number of fused-ring (bicyclic) bond motifs is 1. The summed E-state index contributed by atoms with van der Waals surface area (Å²) in [5.74, 6) is 0.764. The van der Waals surface area contributed by atoms with E-state index in [2.05, 4.69) is 10.1 Å². The summed E-state index contributed by atoms with van der Waals surface area (Å²) in [7, 11) is 0. The molecule has 0 fully saturated rings. The molecule has 8 nitrogen and oxygen atoms in total. The van der Waals surface area contributed by atoms with E-state index >= 15 is 0 Å². The standard InChI is InChI=1S/C17H15ClN4O4/c1-2-26-12-5-3-11(4-6-12)21(17(24)25)16-13(8-10-23)15(18)20-14-7-9-19-22(14)16/h3-7,9-10H,2,8H2,1H3,(H,24,25). The molecule has 0 unspecified atom stereocenters. The molecule has 0 spiro atoms. The molecule has 0 saturated carbocycles. The highest BCUT2D eigenvalue weighted by Crippen LogP contribution is 2.33. The summed E-state index contributed by atoms with van der Waals surface area (Å²) < 4.78 is 6.73. The fourth-order valence-electron chi connectivity index (χ4n) is 2.60. The number of aromatic nitrogens is 3. The van der Waals surface area contributed by atoms with Gasteiger partial charge in [-0.15, -0.1) is 0 Å². The first-order chi connectivity index (χ1) is 12.6. The molecule has 2 aromatic heterocycles. The van der Waals surface area contributed by atoms with Gasteiger partial charge in [-0.2, -0.15) is 9.61 Å². The molecule has 0 aliphatic heterocycles. The van der Waals surface area contributed by atoms with Crippen LogP contribution in [-0.2, 0) is 11.2 Å². The van der Waals surface area contributed by atoms with E-state index in [9.17, 15) is 14.7 Å². The summed E-state index contributed by atoms with van der Waals surface area (Å²) >= 11 is 6.20. The van der Waals surface area contributed by atoms with Gasteiger partial charge in [0.15, 0.2) is 11.5 Å². The fourth-order valence-corrected chi connectivity index (χ4v) is 2.85. The van der Waals surface area contributed by atoms with Crippen LogP contribution in [0.3, 0.4) is 0 Å². The summed E-state index contributed by atoms with van der Waals surface area (Å²) in [5.41, 5.74) is 0.998. The van der Waals surface area contributed by atoms with Crippen molar-refractivity contribution in [3.05, 3.63) is 47.2 Å². The summed E-state index contributed by atoms with van der Waals surface area (Å²) in [4.78, 5) is 28.3. The highest BCUT2D eigenvalue weighted by Gasteiger charge is 2.26. The molecule has 3 rings (SSSR count). The Morgan fingerprint density at radius 3 is 2.69 bits per heavy atom. The highest BCUT2D eigenvalue weighted by molar-refractivity contribution is 6.31. The Morgan fingerprint density at radius 1 is 1.35 bits per heavy atom. The number of anilines is 2. The van der Waals surface area contributed by atoms with Gasteiger partial charge in [-0.3, -0.25) is 0 Å². The summed E-state index contributed by atoms with van der Waals surface area (Å²) in [6, 6.07) is 8.13. The summed E-state index contributed by atoms with van der Waals surface area (Å²) in [6.45, 7) is 2.36. The van der Waals surface area contributed by atoms with Crippen molar-refractivity contribution < 1.29 is 19.4 Å². The quantitative estimate of drug-likeness (QED) is 0.525. The average molecular weight is 375 g/mol. The van der Waals surface area contributed by atoms with Gasteiger partial charge < -0.3 is 14.6 Å². The molecule has 3 aromatic rings. The second-order valence-electron chi connectivity index (χ2n) is 5.22. The minimum Gasteiger partial charge on any atom is -0.494 e. The molecular formula is C17H15ClN4O4. The molecule has 1 N–H and O–H groups in total. The number of carbonyl (C=O) groups is 2. The lowest BCUT2D eigenvalue weighted by atomic mass is 10.2. The first kappa shape index (κ1) is 17.7. The SMILES string of the molecule is CCOc1ccc(N(C(=O)O)c2c(CC=O)c(Cl)nc3ccnn23)cc1. The predicted octanol–water partition coefficient (Wildman–Crippen LogP) is 3.34. The van der Waals surface area contributed by atoms with Crippen molar-refractivity contribution in [2.45, 2.75) is 13.3 Å². The number of ether oxygens (including phenoxy) is 1. The molecule has 0 radical (unpaired) electrons. The molecule has 0 atom stereocenters. The van der Waals surface area contributed by atoms with E-state index in [0.29, 0.717) is 30.0 Å². The van der Waals surface area contributed by atoms with Gasteiger partial charge in [0.25, 0.3) is 0 Å². The number of hydrogen-bond donors (Lipinski definition) is 1. The minimum absolute atomic E-state index is 0.0530. The molecule has 0 bridgehead atoms. The van der Waals surface area contributed by atoms with Crippen LogP contribution in [0.1, 0.15) is 12.5 Å². The van der Waals surface area contributed by atoms with Gasteiger partial charge in [-0.25, -0.2) is 14.7 Å². The molecule has 0 saturated heterocycles. The molecule has 1 aromatic carbocycles. The van der Waals surface area contributed by atoms with Crippen LogP contribution >= 0.6 is 11.6 Å². The van der Waals surface area contributed by atoms with E-state index in [0.717, 1.165) is 4.90 Å². The number of hydrogen-bond acceptors (Lipinski definition) is 5. The van der Waals surface area contributed by atoms with Crippen molar-refractivity contribution in [2.75, 3.05) is 11.5 Å². The summed E-state index contributed by atoms with van der Waals surface area (Å²) in [6.07, 6.45) is 0.767. The third-order valence-electron chi connectivity index (χ3n) is 3.65. The maximum absolute atomic E-state index is 12.0. The number of amides is 1. The monoisotopic (exact) mass is 374 g/mol. The number of halogens is 1. The Hall–Kier alpha value is -3.13. The zero-order chi connectivity index (χ0) is 18.7. The van der Waals surface area contributed by atoms with E-state index in [1.807, 2.05) is 6.92 Å². The lowest BCUT2D eigenvalue weighted by Crippen LogP contribution is -2.28. The van der Waals surface area contributed by atoms with Crippen LogP contribution in [0.2, 0.25) is 5.15 Å².